The molecule has 5 heteroatoms. The second kappa shape index (κ2) is 6.46. The van der Waals surface area contributed by atoms with E-state index in [2.05, 4.69) is 15.9 Å². The van der Waals surface area contributed by atoms with Crippen LogP contribution in [0.5, 0.6) is 0 Å². The Labute approximate surface area is 119 Å². The van der Waals surface area contributed by atoms with Crippen LogP contribution >= 0.6 is 15.9 Å². The van der Waals surface area contributed by atoms with Crippen molar-refractivity contribution in [2.75, 3.05) is 11.9 Å². The van der Waals surface area contributed by atoms with E-state index in [9.17, 15) is 13.6 Å². The lowest BCUT2D eigenvalue weighted by atomic mass is 9.91. The van der Waals surface area contributed by atoms with E-state index in [1.165, 1.54) is 12.1 Å². The quantitative estimate of drug-likeness (QED) is 0.758. The molecule has 0 bridgehead atoms. The molecule has 1 aliphatic carbocycles. The third-order valence-electron chi connectivity index (χ3n) is 3.52. The van der Waals surface area contributed by atoms with Crippen LogP contribution < -0.4 is 0 Å². The van der Waals surface area contributed by atoms with Gasteiger partial charge in [0.2, 0.25) is 5.91 Å². The number of nitrogens with zero attached hydrogens (tertiary/aromatic N) is 1. The van der Waals surface area contributed by atoms with Gasteiger partial charge >= 0.3 is 0 Å². The van der Waals surface area contributed by atoms with Gasteiger partial charge < -0.3 is 4.90 Å². The summed E-state index contributed by atoms with van der Waals surface area (Å²) in [4.78, 5) is 14.0. The summed E-state index contributed by atoms with van der Waals surface area (Å²) in [6.07, 6.45) is 3.17. The average molecular weight is 332 g/mol. The Hall–Kier alpha value is -0.970. The van der Waals surface area contributed by atoms with E-state index in [4.69, 9.17) is 0 Å². The number of rotatable bonds is 5. The van der Waals surface area contributed by atoms with Crippen molar-refractivity contribution >= 4 is 21.8 Å². The summed E-state index contributed by atoms with van der Waals surface area (Å²) in [5.41, 5.74) is 0.255. The molecular formula is C14H16BrF2NO. The monoisotopic (exact) mass is 331 g/mol. The fourth-order valence-electron chi connectivity index (χ4n) is 2.23. The summed E-state index contributed by atoms with van der Waals surface area (Å²) in [7, 11) is 0. The first-order valence-electron chi connectivity index (χ1n) is 6.41. The second-order valence-corrected chi connectivity index (χ2v) is 5.57. The zero-order valence-corrected chi connectivity index (χ0v) is 12.1. The van der Waals surface area contributed by atoms with Crippen LogP contribution in [0.2, 0.25) is 0 Å². The van der Waals surface area contributed by atoms with E-state index in [-0.39, 0.29) is 23.9 Å². The molecule has 0 heterocycles. The highest BCUT2D eigenvalue weighted by atomic mass is 79.9. The van der Waals surface area contributed by atoms with E-state index in [1.807, 2.05) is 0 Å². The molecule has 1 fully saturated rings. The Morgan fingerprint density at radius 3 is 2.63 bits per heavy atom. The molecule has 2 rings (SSSR count). The predicted molar refractivity (Wildman–Crippen MR) is 73.2 cm³/mol. The van der Waals surface area contributed by atoms with E-state index in [0.717, 1.165) is 25.3 Å². The minimum Gasteiger partial charge on any atom is -0.339 e. The van der Waals surface area contributed by atoms with Crippen LogP contribution in [0.4, 0.5) is 8.78 Å². The molecule has 0 N–H and O–H groups in total. The summed E-state index contributed by atoms with van der Waals surface area (Å²) in [5.74, 6) is -1.36. The summed E-state index contributed by atoms with van der Waals surface area (Å²) < 4.78 is 26.4. The molecule has 19 heavy (non-hydrogen) atoms. The molecule has 1 aromatic carbocycles. The van der Waals surface area contributed by atoms with Crippen molar-refractivity contribution in [2.24, 2.45) is 0 Å². The minimum atomic E-state index is -0.652. The predicted octanol–water partition coefficient (Wildman–Crippen LogP) is 3.28. The standard InChI is InChI=1S/C14H16BrF2NO/c15-6-7-18(12-2-1-3-12)14(19)8-10-4-5-11(16)9-13(10)17/h4-5,9,12H,1-3,6-8H2. The maximum Gasteiger partial charge on any atom is 0.227 e. The van der Waals surface area contributed by atoms with Crippen LogP contribution in [0.3, 0.4) is 0 Å². The summed E-state index contributed by atoms with van der Waals surface area (Å²) >= 11 is 3.33. The fourth-order valence-corrected chi connectivity index (χ4v) is 2.61. The molecule has 0 saturated heterocycles. The van der Waals surface area contributed by atoms with Crippen LogP contribution in [0.25, 0.3) is 0 Å². The van der Waals surface area contributed by atoms with Crippen molar-refractivity contribution < 1.29 is 13.6 Å². The number of halogens is 3. The van der Waals surface area contributed by atoms with Gasteiger partial charge in [-0.2, -0.15) is 0 Å². The van der Waals surface area contributed by atoms with Crippen LogP contribution in [0.15, 0.2) is 18.2 Å². The zero-order chi connectivity index (χ0) is 13.8. The third kappa shape index (κ3) is 3.53. The topological polar surface area (TPSA) is 20.3 Å². The van der Waals surface area contributed by atoms with Gasteiger partial charge in [-0.15, -0.1) is 0 Å². The van der Waals surface area contributed by atoms with Crippen LogP contribution in [-0.2, 0) is 11.2 Å². The normalized spacial score (nSPS) is 15.1. The Morgan fingerprint density at radius 2 is 2.11 bits per heavy atom. The molecule has 0 unspecified atom stereocenters. The molecule has 0 spiro atoms. The molecule has 2 nitrogen and oxygen atoms in total. The molecule has 1 aliphatic rings. The summed E-state index contributed by atoms with van der Waals surface area (Å²) in [6.45, 7) is 0.631. The van der Waals surface area contributed by atoms with E-state index in [1.54, 1.807) is 4.90 Å². The Balaban J connectivity index is 2.05. The largest absolute Gasteiger partial charge is 0.339 e. The van der Waals surface area contributed by atoms with Crippen LogP contribution in [-0.4, -0.2) is 28.7 Å². The highest BCUT2D eigenvalue weighted by Gasteiger charge is 2.28. The minimum absolute atomic E-state index is 0.00435. The molecule has 0 aromatic heterocycles. The number of carbonyl (C=O) groups excluding carboxylic acids is 1. The van der Waals surface area contributed by atoms with Crippen LogP contribution in [0.1, 0.15) is 24.8 Å². The maximum atomic E-state index is 13.5. The number of carbonyl (C=O) groups is 1. The van der Waals surface area contributed by atoms with Gasteiger partial charge in [0.25, 0.3) is 0 Å². The first kappa shape index (κ1) is 14.4. The summed E-state index contributed by atoms with van der Waals surface area (Å²) in [6, 6.07) is 3.63. The molecule has 0 radical (unpaired) electrons. The maximum absolute atomic E-state index is 13.5. The Morgan fingerprint density at radius 1 is 1.37 bits per heavy atom. The first-order chi connectivity index (χ1) is 9.11. The van der Waals surface area contributed by atoms with Gasteiger partial charge in [-0.25, -0.2) is 8.78 Å². The number of benzene rings is 1. The smallest absolute Gasteiger partial charge is 0.227 e. The summed E-state index contributed by atoms with van der Waals surface area (Å²) in [5, 5.41) is 0.709. The van der Waals surface area contributed by atoms with Crippen molar-refractivity contribution in [3.63, 3.8) is 0 Å². The van der Waals surface area contributed by atoms with Crippen molar-refractivity contribution in [1.29, 1.82) is 0 Å². The Bertz CT molecular complexity index is 463. The molecule has 104 valence electrons. The molecule has 1 saturated carbocycles. The van der Waals surface area contributed by atoms with Gasteiger partial charge in [-0.1, -0.05) is 22.0 Å². The van der Waals surface area contributed by atoms with Gasteiger partial charge in [-0.3, -0.25) is 4.79 Å². The average Bonchev–Trinajstić information content (AvgIpc) is 2.30. The SMILES string of the molecule is O=C(Cc1ccc(F)cc1F)N(CCBr)C1CCC1. The van der Waals surface area contributed by atoms with Gasteiger partial charge in [-0.05, 0) is 30.9 Å². The highest BCUT2D eigenvalue weighted by molar-refractivity contribution is 9.09. The van der Waals surface area contributed by atoms with Gasteiger partial charge in [0.15, 0.2) is 0 Å². The number of amides is 1. The lowest BCUT2D eigenvalue weighted by Crippen LogP contribution is -2.45. The van der Waals surface area contributed by atoms with Crippen LogP contribution in [0, 0.1) is 11.6 Å². The van der Waals surface area contributed by atoms with Gasteiger partial charge in [0.05, 0.1) is 6.42 Å². The number of alkyl halides is 1. The molecule has 0 aliphatic heterocycles. The number of hydrogen-bond acceptors (Lipinski definition) is 1. The molecule has 0 atom stereocenters. The van der Waals surface area contributed by atoms with Crippen molar-refractivity contribution in [1.82, 2.24) is 4.90 Å². The number of hydrogen-bond donors (Lipinski definition) is 0. The highest BCUT2D eigenvalue weighted by Crippen LogP contribution is 2.25. The van der Waals surface area contributed by atoms with Gasteiger partial charge in [0, 0.05) is 24.0 Å². The Kier molecular flexibility index (Phi) is 4.91. The zero-order valence-electron chi connectivity index (χ0n) is 10.5. The fraction of sp³-hybridized carbons (Fsp3) is 0.500. The van der Waals surface area contributed by atoms with Crippen molar-refractivity contribution in [3.8, 4) is 0 Å². The molecule has 1 amide bonds. The lowest BCUT2D eigenvalue weighted by molar-refractivity contribution is -0.134. The first-order valence-corrected chi connectivity index (χ1v) is 7.53. The lowest BCUT2D eigenvalue weighted by Gasteiger charge is -2.37. The van der Waals surface area contributed by atoms with E-state index >= 15 is 0 Å². The van der Waals surface area contributed by atoms with E-state index < -0.39 is 11.6 Å². The van der Waals surface area contributed by atoms with Crippen molar-refractivity contribution in [2.45, 2.75) is 31.7 Å². The molecular weight excluding hydrogens is 316 g/mol. The van der Waals surface area contributed by atoms with Crippen molar-refractivity contribution in [3.05, 3.63) is 35.4 Å². The molecule has 1 aromatic rings. The van der Waals surface area contributed by atoms with E-state index in [0.29, 0.717) is 11.9 Å². The second-order valence-electron chi connectivity index (χ2n) is 4.77. The third-order valence-corrected chi connectivity index (χ3v) is 3.87. The van der Waals surface area contributed by atoms with Gasteiger partial charge in [0.1, 0.15) is 11.6 Å².